The number of nitrogens with zero attached hydrogens (tertiary/aromatic N) is 1. The zero-order valence-electron chi connectivity index (χ0n) is 19.1. The highest BCUT2D eigenvalue weighted by Gasteiger charge is 2.28. The molecule has 2 atom stereocenters. The van der Waals surface area contributed by atoms with Crippen LogP contribution in [-0.2, 0) is 21.2 Å². The fourth-order valence-corrected chi connectivity index (χ4v) is 5.95. The summed E-state index contributed by atoms with van der Waals surface area (Å²) < 4.78 is 29.8. The van der Waals surface area contributed by atoms with Crippen LogP contribution in [0.4, 0.5) is 0 Å². The van der Waals surface area contributed by atoms with Gasteiger partial charge in [-0.1, -0.05) is 18.2 Å². The number of hydrogen-bond acceptors (Lipinski definition) is 4. The minimum Gasteiger partial charge on any atom is -0.370 e. The van der Waals surface area contributed by atoms with Crippen LogP contribution in [-0.4, -0.2) is 55.8 Å². The smallest absolute Gasteiger partial charge is 0.241 e. The van der Waals surface area contributed by atoms with Crippen molar-refractivity contribution in [3.8, 4) is 0 Å². The van der Waals surface area contributed by atoms with E-state index in [-0.39, 0.29) is 29.1 Å². The summed E-state index contributed by atoms with van der Waals surface area (Å²) in [5.41, 5.74) is 7.41. The van der Waals surface area contributed by atoms with E-state index in [1.807, 2.05) is 30.5 Å². The molecular formula is C24H29IN6O3S. The van der Waals surface area contributed by atoms with Gasteiger partial charge in [-0.25, -0.2) is 8.42 Å². The molecular weight excluding hydrogens is 579 g/mol. The van der Waals surface area contributed by atoms with Crippen molar-refractivity contribution in [3.63, 3.8) is 0 Å². The van der Waals surface area contributed by atoms with Gasteiger partial charge in [-0.05, 0) is 83.7 Å². The summed E-state index contributed by atoms with van der Waals surface area (Å²) >= 11 is 2.11. The summed E-state index contributed by atoms with van der Waals surface area (Å²) in [7, 11) is -3.92. The first-order valence-corrected chi connectivity index (χ1v) is 14.0. The number of carbonyl (C=O) groups excluding carboxylic acids is 1. The van der Waals surface area contributed by atoms with E-state index < -0.39 is 16.1 Å². The van der Waals surface area contributed by atoms with Crippen LogP contribution in [0.3, 0.4) is 0 Å². The lowest BCUT2D eigenvalue weighted by atomic mass is 9.98. The van der Waals surface area contributed by atoms with Gasteiger partial charge in [0.05, 0.1) is 4.90 Å². The van der Waals surface area contributed by atoms with E-state index in [1.54, 1.807) is 17.0 Å². The highest BCUT2D eigenvalue weighted by molar-refractivity contribution is 14.1. The van der Waals surface area contributed by atoms with Crippen molar-refractivity contribution in [2.75, 3.05) is 19.6 Å². The van der Waals surface area contributed by atoms with Gasteiger partial charge in [0.25, 0.3) is 0 Å². The van der Waals surface area contributed by atoms with E-state index in [1.165, 1.54) is 12.1 Å². The third-order valence-corrected chi connectivity index (χ3v) is 8.47. The number of sulfonamides is 1. The first kappa shape index (κ1) is 25.5. The maximum absolute atomic E-state index is 13.3. The molecule has 2 heterocycles. The molecule has 35 heavy (non-hydrogen) atoms. The molecule has 0 spiro atoms. The molecule has 4 rings (SSSR count). The average molecular weight is 609 g/mol. The number of H-pyrrole nitrogens is 1. The van der Waals surface area contributed by atoms with E-state index in [0.717, 1.165) is 39.4 Å². The molecule has 1 amide bonds. The number of para-hydroxylation sites is 1. The van der Waals surface area contributed by atoms with Crippen molar-refractivity contribution < 1.29 is 13.2 Å². The van der Waals surface area contributed by atoms with Gasteiger partial charge in [0.15, 0.2) is 5.96 Å². The topological polar surface area (TPSA) is 144 Å². The number of amides is 1. The highest BCUT2D eigenvalue weighted by Crippen LogP contribution is 2.21. The summed E-state index contributed by atoms with van der Waals surface area (Å²) in [6.45, 7) is 1.72. The zero-order valence-corrected chi connectivity index (χ0v) is 22.1. The number of carbonyl (C=O) groups is 1. The van der Waals surface area contributed by atoms with Crippen molar-refractivity contribution in [1.29, 1.82) is 5.41 Å². The summed E-state index contributed by atoms with van der Waals surface area (Å²) in [6.07, 6.45) is 3.81. The molecule has 1 unspecified atom stereocenters. The number of nitrogens with one attached hydrogen (secondary N) is 4. The molecule has 1 saturated heterocycles. The number of piperidine rings is 1. The molecule has 186 valence electrons. The lowest BCUT2D eigenvalue weighted by molar-refractivity contribution is -0.122. The maximum Gasteiger partial charge on any atom is 0.241 e. The fourth-order valence-electron chi connectivity index (χ4n) is 4.40. The van der Waals surface area contributed by atoms with Gasteiger partial charge >= 0.3 is 0 Å². The van der Waals surface area contributed by atoms with Gasteiger partial charge in [-0.2, -0.15) is 4.72 Å². The quantitative estimate of drug-likeness (QED) is 0.152. The molecule has 1 aliphatic heterocycles. The number of fused-ring (bicyclic) bond motifs is 1. The van der Waals surface area contributed by atoms with E-state index in [9.17, 15) is 13.2 Å². The van der Waals surface area contributed by atoms with Crippen LogP contribution in [0.2, 0.25) is 0 Å². The number of benzene rings is 2. The van der Waals surface area contributed by atoms with Gasteiger partial charge in [-0.3, -0.25) is 10.2 Å². The monoisotopic (exact) mass is 608 g/mol. The summed E-state index contributed by atoms with van der Waals surface area (Å²) in [4.78, 5) is 18.4. The number of guanidine groups is 1. The minimum atomic E-state index is -3.92. The molecule has 9 nitrogen and oxygen atoms in total. The van der Waals surface area contributed by atoms with Crippen LogP contribution in [0.1, 0.15) is 18.4 Å². The number of aromatic nitrogens is 1. The van der Waals surface area contributed by atoms with Crippen LogP contribution in [0.5, 0.6) is 0 Å². The SMILES string of the molecule is N=C(N)N1CCCC(CNC(=O)[C@@H](Cc2c[nH]c3ccccc23)NS(=O)(=O)c2ccc(I)cc2)C1. The van der Waals surface area contributed by atoms with Gasteiger partial charge in [0.2, 0.25) is 15.9 Å². The number of rotatable bonds is 8. The van der Waals surface area contributed by atoms with Crippen molar-refractivity contribution in [3.05, 3.63) is 63.9 Å². The van der Waals surface area contributed by atoms with Crippen molar-refractivity contribution >= 4 is 55.4 Å². The Balaban J connectivity index is 1.52. The largest absolute Gasteiger partial charge is 0.370 e. The van der Waals surface area contributed by atoms with Gasteiger partial charge < -0.3 is 20.9 Å². The first-order valence-electron chi connectivity index (χ1n) is 11.4. The average Bonchev–Trinajstić information content (AvgIpc) is 3.25. The van der Waals surface area contributed by atoms with E-state index in [4.69, 9.17) is 11.1 Å². The third-order valence-electron chi connectivity index (χ3n) is 6.26. The molecule has 0 radical (unpaired) electrons. The Hall–Kier alpha value is -2.64. The lowest BCUT2D eigenvalue weighted by Gasteiger charge is -2.33. The second-order valence-corrected chi connectivity index (χ2v) is 11.7. The standard InChI is InChI=1S/C24H29IN6O3S/c25-18-7-9-19(10-8-18)35(33,34)30-22(12-17-14-28-21-6-2-1-5-20(17)21)23(32)29-13-16-4-3-11-31(15-16)24(26)27/h1-2,5-10,14,16,22,28,30H,3-4,11-13,15H2,(H3,26,27)(H,29,32)/t16?,22-/m1/s1. The van der Waals surface area contributed by atoms with Gasteiger partial charge in [0, 0.05) is 40.3 Å². The van der Waals surface area contributed by atoms with Gasteiger partial charge in [0.1, 0.15) is 6.04 Å². The molecule has 3 aromatic rings. The Morgan fingerprint density at radius 3 is 2.71 bits per heavy atom. The number of hydrogen-bond donors (Lipinski definition) is 5. The Morgan fingerprint density at radius 1 is 1.23 bits per heavy atom. The highest BCUT2D eigenvalue weighted by atomic mass is 127. The van der Waals surface area contributed by atoms with Crippen LogP contribution in [0.15, 0.2) is 59.6 Å². The Kier molecular flexibility index (Phi) is 7.97. The Morgan fingerprint density at radius 2 is 1.97 bits per heavy atom. The van der Waals surface area contributed by atoms with Crippen LogP contribution >= 0.6 is 22.6 Å². The molecule has 1 fully saturated rings. The predicted octanol–water partition coefficient (Wildman–Crippen LogP) is 2.38. The number of aromatic amines is 1. The lowest BCUT2D eigenvalue weighted by Crippen LogP contribution is -2.51. The minimum absolute atomic E-state index is 0.0310. The Labute approximate surface area is 218 Å². The van der Waals surface area contributed by atoms with E-state index >= 15 is 0 Å². The number of likely N-dealkylation sites (tertiary alicyclic amines) is 1. The van der Waals surface area contributed by atoms with Crippen LogP contribution in [0.25, 0.3) is 10.9 Å². The summed E-state index contributed by atoms with van der Waals surface area (Å²) in [5, 5.41) is 11.6. The third kappa shape index (κ3) is 6.33. The number of halogens is 1. The number of nitrogens with two attached hydrogens (primary N) is 1. The molecule has 11 heteroatoms. The maximum atomic E-state index is 13.3. The van der Waals surface area contributed by atoms with Crippen molar-refractivity contribution in [2.24, 2.45) is 11.7 Å². The summed E-state index contributed by atoms with van der Waals surface area (Å²) in [6, 6.07) is 13.2. The molecule has 0 aliphatic carbocycles. The van der Waals surface area contributed by atoms with E-state index in [0.29, 0.717) is 13.1 Å². The molecule has 6 N–H and O–H groups in total. The molecule has 0 bridgehead atoms. The molecule has 1 aliphatic rings. The van der Waals surface area contributed by atoms with Gasteiger partial charge in [-0.15, -0.1) is 0 Å². The predicted molar refractivity (Wildman–Crippen MR) is 144 cm³/mol. The summed E-state index contributed by atoms with van der Waals surface area (Å²) in [5.74, 6) is -0.217. The van der Waals surface area contributed by atoms with Crippen LogP contribution in [0, 0.1) is 14.9 Å². The Bertz CT molecular complexity index is 1310. The normalized spacial score (nSPS) is 17.3. The zero-order chi connectivity index (χ0) is 25.0. The molecule has 0 saturated carbocycles. The second kappa shape index (κ2) is 11.0. The van der Waals surface area contributed by atoms with Crippen molar-refractivity contribution in [2.45, 2.75) is 30.2 Å². The molecule has 2 aromatic carbocycles. The van der Waals surface area contributed by atoms with Crippen LogP contribution < -0.4 is 15.8 Å². The first-order chi connectivity index (χ1) is 16.7. The van der Waals surface area contributed by atoms with Crippen molar-refractivity contribution in [1.82, 2.24) is 19.9 Å². The fraction of sp³-hybridized carbons (Fsp3) is 0.333. The molecule has 1 aromatic heterocycles. The van der Waals surface area contributed by atoms with E-state index in [2.05, 4.69) is 37.6 Å². The second-order valence-electron chi connectivity index (χ2n) is 8.78.